The Morgan fingerprint density at radius 1 is 0.882 bits per heavy atom. The van der Waals surface area contributed by atoms with Crippen LogP contribution in [0.25, 0.3) is 5.57 Å². The molecule has 3 aromatic rings. The second kappa shape index (κ2) is 9.18. The second-order valence-corrected chi connectivity index (χ2v) is 9.22. The fourth-order valence-electron chi connectivity index (χ4n) is 5.07. The molecule has 3 aromatic carbocycles. The highest BCUT2D eigenvalue weighted by Crippen LogP contribution is 2.45. The third kappa shape index (κ3) is 4.46. The van der Waals surface area contributed by atoms with Crippen molar-refractivity contribution >= 4 is 17.6 Å². The molecule has 1 spiro atoms. The Bertz CT molecular complexity index is 1220. The summed E-state index contributed by atoms with van der Waals surface area (Å²) in [6, 6.07) is 25.8. The third-order valence-corrected chi connectivity index (χ3v) is 7.00. The molecule has 1 aliphatic heterocycles. The van der Waals surface area contributed by atoms with Crippen LogP contribution in [-0.4, -0.2) is 30.0 Å². The van der Waals surface area contributed by atoms with Crippen molar-refractivity contribution in [1.82, 2.24) is 4.90 Å². The average molecular weight is 453 g/mol. The molecule has 5 rings (SSSR count). The zero-order valence-corrected chi connectivity index (χ0v) is 19.1. The number of nitrogens with two attached hydrogens (primary N) is 1. The van der Waals surface area contributed by atoms with Crippen molar-refractivity contribution in [3.8, 4) is 0 Å². The molecule has 2 N–H and O–H groups in total. The van der Waals surface area contributed by atoms with Gasteiger partial charge in [0.05, 0.1) is 0 Å². The highest BCUT2D eigenvalue weighted by Gasteiger charge is 2.38. The number of hydrogen-bond acceptors (Lipinski definition) is 3. The zero-order valence-electron chi connectivity index (χ0n) is 19.1. The number of ether oxygens (including phenoxy) is 1. The van der Waals surface area contributed by atoms with Crippen molar-refractivity contribution in [2.24, 2.45) is 11.1 Å². The molecule has 0 aromatic heterocycles. The van der Waals surface area contributed by atoms with Gasteiger partial charge in [0.1, 0.15) is 6.61 Å². The molecule has 2 aliphatic rings. The normalized spacial score (nSPS) is 16.5. The molecular formula is C29H28N2O3. The summed E-state index contributed by atoms with van der Waals surface area (Å²) < 4.78 is 5.55. The van der Waals surface area contributed by atoms with E-state index in [0.717, 1.165) is 30.4 Å². The first-order valence-electron chi connectivity index (χ1n) is 11.7. The van der Waals surface area contributed by atoms with E-state index in [4.69, 9.17) is 10.5 Å². The van der Waals surface area contributed by atoms with Crippen LogP contribution in [0.3, 0.4) is 0 Å². The summed E-state index contributed by atoms with van der Waals surface area (Å²) in [4.78, 5) is 26.0. The fourth-order valence-corrected chi connectivity index (χ4v) is 5.07. The largest absolute Gasteiger partial charge is 0.445 e. The average Bonchev–Trinajstić information content (AvgIpc) is 2.88. The molecule has 0 atom stereocenters. The summed E-state index contributed by atoms with van der Waals surface area (Å²) in [6.07, 6.45) is 4.86. The van der Waals surface area contributed by atoms with Crippen LogP contribution >= 0.6 is 0 Å². The van der Waals surface area contributed by atoms with Crippen LogP contribution in [0.5, 0.6) is 0 Å². The number of piperidine rings is 1. The lowest BCUT2D eigenvalue weighted by Crippen LogP contribution is -2.44. The van der Waals surface area contributed by atoms with E-state index >= 15 is 0 Å². The molecule has 2 amide bonds. The molecule has 0 radical (unpaired) electrons. The molecule has 0 unspecified atom stereocenters. The van der Waals surface area contributed by atoms with Crippen LogP contribution in [0.1, 0.15) is 45.5 Å². The number of likely N-dealkylation sites (tertiary alicyclic amines) is 1. The Kier molecular flexibility index (Phi) is 5.93. The van der Waals surface area contributed by atoms with Crippen molar-refractivity contribution < 1.29 is 14.3 Å². The predicted octanol–water partition coefficient (Wildman–Crippen LogP) is 5.19. The van der Waals surface area contributed by atoms with Gasteiger partial charge in [-0.3, -0.25) is 4.79 Å². The minimum absolute atomic E-state index is 0.0117. The van der Waals surface area contributed by atoms with Crippen molar-refractivity contribution in [1.29, 1.82) is 0 Å². The molecule has 0 saturated carbocycles. The number of primary amides is 1. The van der Waals surface area contributed by atoms with Crippen molar-refractivity contribution in [3.63, 3.8) is 0 Å². The monoisotopic (exact) mass is 452 g/mol. The van der Waals surface area contributed by atoms with E-state index in [1.165, 1.54) is 16.7 Å². The van der Waals surface area contributed by atoms with E-state index in [9.17, 15) is 9.59 Å². The Hall–Kier alpha value is -3.86. The number of benzene rings is 3. The number of nitrogens with zero attached hydrogens (tertiary/aromatic N) is 1. The summed E-state index contributed by atoms with van der Waals surface area (Å²) in [5.41, 5.74) is 11.7. The van der Waals surface area contributed by atoms with Crippen LogP contribution in [0.2, 0.25) is 0 Å². The molecule has 1 fully saturated rings. The van der Waals surface area contributed by atoms with Crippen molar-refractivity contribution in [3.05, 3.63) is 113 Å². The number of hydrogen-bond donors (Lipinski definition) is 1. The van der Waals surface area contributed by atoms with Gasteiger partial charge >= 0.3 is 6.09 Å². The van der Waals surface area contributed by atoms with E-state index in [1.54, 1.807) is 12.1 Å². The van der Waals surface area contributed by atoms with Crippen LogP contribution < -0.4 is 5.73 Å². The zero-order chi connectivity index (χ0) is 23.5. The van der Waals surface area contributed by atoms with E-state index in [0.29, 0.717) is 25.3 Å². The fraction of sp³-hybridized carbons (Fsp3) is 0.241. The molecular weight excluding hydrogens is 424 g/mol. The summed E-state index contributed by atoms with van der Waals surface area (Å²) in [5.74, 6) is -0.424. The Balaban J connectivity index is 1.34. The first-order valence-corrected chi connectivity index (χ1v) is 11.7. The topological polar surface area (TPSA) is 72.6 Å². The number of allylic oxidation sites excluding steroid dienone is 1. The quantitative estimate of drug-likeness (QED) is 0.592. The molecule has 1 heterocycles. The highest BCUT2D eigenvalue weighted by molar-refractivity contribution is 5.93. The summed E-state index contributed by atoms with van der Waals surface area (Å²) in [6.45, 7) is 1.63. The number of carbonyl (C=O) groups is 2. The van der Waals surface area contributed by atoms with Gasteiger partial charge in [0.15, 0.2) is 0 Å². The van der Waals surface area contributed by atoms with Crippen LogP contribution in [0.15, 0.2) is 84.9 Å². The van der Waals surface area contributed by atoms with Gasteiger partial charge in [0, 0.05) is 18.7 Å². The molecule has 34 heavy (non-hydrogen) atoms. The lowest BCUT2D eigenvalue weighted by atomic mass is 9.67. The third-order valence-electron chi connectivity index (χ3n) is 7.00. The minimum Gasteiger partial charge on any atom is -0.445 e. The van der Waals surface area contributed by atoms with E-state index < -0.39 is 5.91 Å². The summed E-state index contributed by atoms with van der Waals surface area (Å²) in [5, 5.41) is 0. The standard InChI is InChI=1S/C29H28N2O3/c30-27(32)23-12-10-22(11-13-23)26-19-29(18-24-8-4-5-9-25(24)26)14-16-31(17-15-29)28(33)34-20-21-6-2-1-3-7-21/h1-13,19H,14-18,20H2,(H2,30,32). The Morgan fingerprint density at radius 3 is 2.26 bits per heavy atom. The smallest absolute Gasteiger partial charge is 0.410 e. The van der Waals surface area contributed by atoms with E-state index in [-0.39, 0.29) is 11.5 Å². The highest BCUT2D eigenvalue weighted by atomic mass is 16.6. The van der Waals surface area contributed by atoms with Gasteiger partial charge in [0.2, 0.25) is 5.91 Å². The van der Waals surface area contributed by atoms with Gasteiger partial charge in [-0.05, 0) is 64.6 Å². The van der Waals surface area contributed by atoms with Crippen LogP contribution in [-0.2, 0) is 17.8 Å². The molecule has 1 saturated heterocycles. The van der Waals surface area contributed by atoms with E-state index in [2.05, 4.69) is 30.3 Å². The first kappa shape index (κ1) is 22.0. The minimum atomic E-state index is -0.424. The van der Waals surface area contributed by atoms with Gasteiger partial charge in [-0.15, -0.1) is 0 Å². The van der Waals surface area contributed by atoms with Crippen LogP contribution in [0, 0.1) is 5.41 Å². The van der Waals surface area contributed by atoms with E-state index in [1.807, 2.05) is 47.4 Å². The molecule has 1 aliphatic carbocycles. The lowest BCUT2D eigenvalue weighted by molar-refractivity contribution is 0.0722. The van der Waals surface area contributed by atoms with Gasteiger partial charge < -0.3 is 15.4 Å². The van der Waals surface area contributed by atoms with Gasteiger partial charge in [-0.1, -0.05) is 72.8 Å². The number of amides is 2. The maximum atomic E-state index is 12.7. The summed E-state index contributed by atoms with van der Waals surface area (Å²) in [7, 11) is 0. The number of rotatable bonds is 4. The number of carbonyl (C=O) groups excluding carboxylic acids is 2. The molecule has 5 nitrogen and oxygen atoms in total. The lowest BCUT2D eigenvalue weighted by Gasteiger charge is -2.43. The SMILES string of the molecule is NC(=O)c1ccc(C2=CC3(CCN(C(=O)OCc4ccccc4)CC3)Cc3ccccc32)cc1. The molecule has 5 heteroatoms. The first-order chi connectivity index (χ1) is 16.5. The Labute approximate surface area is 199 Å². The van der Waals surface area contributed by atoms with Gasteiger partial charge in [-0.2, -0.15) is 0 Å². The maximum absolute atomic E-state index is 12.7. The van der Waals surface area contributed by atoms with Crippen molar-refractivity contribution in [2.45, 2.75) is 25.9 Å². The number of fused-ring (bicyclic) bond motifs is 1. The molecule has 172 valence electrons. The second-order valence-electron chi connectivity index (χ2n) is 9.22. The van der Waals surface area contributed by atoms with Gasteiger partial charge in [-0.25, -0.2) is 4.79 Å². The Morgan fingerprint density at radius 2 is 1.56 bits per heavy atom. The predicted molar refractivity (Wildman–Crippen MR) is 132 cm³/mol. The van der Waals surface area contributed by atoms with Crippen molar-refractivity contribution in [2.75, 3.05) is 13.1 Å². The maximum Gasteiger partial charge on any atom is 0.410 e. The van der Waals surface area contributed by atoms with Gasteiger partial charge in [0.25, 0.3) is 0 Å². The summed E-state index contributed by atoms with van der Waals surface area (Å²) >= 11 is 0. The van der Waals surface area contributed by atoms with Crippen LogP contribution in [0.4, 0.5) is 4.79 Å². The molecule has 0 bridgehead atoms.